The van der Waals surface area contributed by atoms with E-state index < -0.39 is 17.7 Å². The predicted octanol–water partition coefficient (Wildman–Crippen LogP) is 2.59. The third kappa shape index (κ3) is 5.20. The molecule has 10 heteroatoms. The maximum absolute atomic E-state index is 11.8. The Hall–Kier alpha value is -2.39. The molecular weight excluding hydrogens is 435 g/mol. The van der Waals surface area contributed by atoms with Crippen LogP contribution in [0, 0.1) is 0 Å². The molecule has 2 atom stereocenters. The summed E-state index contributed by atoms with van der Waals surface area (Å²) in [4.78, 5) is 11.8. The molecule has 5 N–H and O–H groups in total. The molecule has 1 aliphatic rings. The number of carboxylic acids is 1. The SMILES string of the molecule is Nc1c(Cl)cc(OC[C@@H](O)CNCC[C@]2(C(=O)O)COc3ccccc3O2)cc1Cl. The first-order valence-electron chi connectivity index (χ1n) is 9.21. The van der Waals surface area contributed by atoms with Gasteiger partial charge in [-0.3, -0.25) is 0 Å². The van der Waals surface area contributed by atoms with Crippen molar-refractivity contribution < 1.29 is 29.2 Å². The molecule has 0 amide bonds. The van der Waals surface area contributed by atoms with Crippen molar-refractivity contribution in [3.63, 3.8) is 0 Å². The number of aliphatic hydroxyl groups is 1. The highest BCUT2D eigenvalue weighted by Gasteiger charge is 2.45. The second-order valence-corrected chi connectivity index (χ2v) is 7.67. The third-order valence-electron chi connectivity index (χ3n) is 4.59. The predicted molar refractivity (Wildman–Crippen MR) is 113 cm³/mol. The van der Waals surface area contributed by atoms with Gasteiger partial charge in [0.2, 0.25) is 5.60 Å². The van der Waals surface area contributed by atoms with Crippen molar-refractivity contribution in [2.75, 3.05) is 32.0 Å². The Labute approximate surface area is 183 Å². The Kier molecular flexibility index (Phi) is 7.14. The molecule has 0 aliphatic carbocycles. The van der Waals surface area contributed by atoms with Gasteiger partial charge in [-0.05, 0) is 18.7 Å². The van der Waals surface area contributed by atoms with E-state index in [0.717, 1.165) is 0 Å². The smallest absolute Gasteiger partial charge is 0.351 e. The third-order valence-corrected chi connectivity index (χ3v) is 5.21. The van der Waals surface area contributed by atoms with Gasteiger partial charge in [0.1, 0.15) is 25.1 Å². The van der Waals surface area contributed by atoms with Gasteiger partial charge in [-0.2, -0.15) is 0 Å². The summed E-state index contributed by atoms with van der Waals surface area (Å²) in [6.45, 7) is 0.351. The summed E-state index contributed by atoms with van der Waals surface area (Å²) >= 11 is 11.9. The Bertz CT molecular complexity index is 890. The number of para-hydroxylation sites is 2. The lowest BCUT2D eigenvalue weighted by Crippen LogP contribution is -2.53. The Balaban J connectivity index is 1.46. The maximum atomic E-state index is 11.8. The van der Waals surface area contributed by atoms with Gasteiger partial charge in [0.25, 0.3) is 0 Å². The van der Waals surface area contributed by atoms with Crippen LogP contribution in [-0.2, 0) is 4.79 Å². The first-order valence-corrected chi connectivity index (χ1v) is 9.97. The molecule has 0 radical (unpaired) electrons. The summed E-state index contributed by atoms with van der Waals surface area (Å²) in [5, 5.41) is 23.3. The molecule has 30 heavy (non-hydrogen) atoms. The molecule has 0 saturated heterocycles. The second kappa shape index (κ2) is 9.61. The number of carbonyl (C=O) groups is 1. The van der Waals surface area contributed by atoms with Gasteiger partial charge < -0.3 is 35.5 Å². The first-order chi connectivity index (χ1) is 14.3. The lowest BCUT2D eigenvalue weighted by molar-refractivity contribution is -0.161. The first kappa shape index (κ1) is 22.3. The number of benzene rings is 2. The van der Waals surface area contributed by atoms with E-state index in [1.807, 2.05) is 0 Å². The van der Waals surface area contributed by atoms with Crippen LogP contribution in [0.3, 0.4) is 0 Å². The largest absolute Gasteiger partial charge is 0.491 e. The lowest BCUT2D eigenvalue weighted by Gasteiger charge is -2.35. The standard InChI is InChI=1S/C20H22Cl2N2O6/c21-14-7-13(8-15(22)18(14)23)28-10-12(25)9-24-6-5-20(19(26)27)11-29-16-3-1-2-4-17(16)30-20/h1-4,7-8,12,24-25H,5-6,9-11,23H2,(H,26,27)/t12-,20+/m0/s1. The number of hydrogen-bond acceptors (Lipinski definition) is 7. The monoisotopic (exact) mass is 456 g/mol. The molecule has 0 saturated carbocycles. The number of nitrogen functional groups attached to an aromatic ring is 1. The number of anilines is 1. The minimum atomic E-state index is -1.50. The average molecular weight is 457 g/mol. The molecule has 0 bridgehead atoms. The zero-order chi connectivity index (χ0) is 21.7. The Morgan fingerprint density at radius 2 is 1.93 bits per heavy atom. The summed E-state index contributed by atoms with van der Waals surface area (Å²) in [7, 11) is 0. The average Bonchev–Trinajstić information content (AvgIpc) is 2.73. The van der Waals surface area contributed by atoms with Crippen molar-refractivity contribution in [3.05, 3.63) is 46.4 Å². The molecule has 1 aliphatic heterocycles. The number of carboxylic acid groups (broad SMARTS) is 1. The van der Waals surface area contributed by atoms with E-state index in [9.17, 15) is 15.0 Å². The molecule has 1 heterocycles. The molecule has 3 rings (SSSR count). The summed E-state index contributed by atoms with van der Waals surface area (Å²) in [5.41, 5.74) is 4.43. The van der Waals surface area contributed by atoms with Crippen LogP contribution in [0.4, 0.5) is 5.69 Å². The van der Waals surface area contributed by atoms with Crippen LogP contribution < -0.4 is 25.3 Å². The molecule has 0 fully saturated rings. The van der Waals surface area contributed by atoms with Crippen LogP contribution in [0.5, 0.6) is 17.2 Å². The van der Waals surface area contributed by atoms with Gasteiger partial charge in [-0.15, -0.1) is 0 Å². The van der Waals surface area contributed by atoms with Gasteiger partial charge >= 0.3 is 5.97 Å². The Morgan fingerprint density at radius 1 is 1.27 bits per heavy atom. The van der Waals surface area contributed by atoms with Gasteiger partial charge in [-0.1, -0.05) is 35.3 Å². The number of halogens is 2. The zero-order valence-electron chi connectivity index (χ0n) is 15.9. The van der Waals surface area contributed by atoms with Crippen molar-refractivity contribution in [2.45, 2.75) is 18.1 Å². The minimum absolute atomic E-state index is 0.0133. The number of ether oxygens (including phenoxy) is 3. The number of aliphatic carboxylic acids is 1. The summed E-state index contributed by atoms with van der Waals surface area (Å²) in [6, 6.07) is 9.94. The highest BCUT2D eigenvalue weighted by molar-refractivity contribution is 6.39. The van der Waals surface area contributed by atoms with Crippen molar-refractivity contribution in [1.82, 2.24) is 5.32 Å². The number of fused-ring (bicyclic) bond motifs is 1. The Morgan fingerprint density at radius 3 is 2.60 bits per heavy atom. The van der Waals surface area contributed by atoms with Crippen LogP contribution in [-0.4, -0.2) is 54.2 Å². The van der Waals surface area contributed by atoms with E-state index in [4.69, 9.17) is 43.1 Å². The van der Waals surface area contributed by atoms with Crippen molar-refractivity contribution >= 4 is 34.9 Å². The van der Waals surface area contributed by atoms with Crippen LogP contribution in [0.15, 0.2) is 36.4 Å². The fraction of sp³-hybridized carbons (Fsp3) is 0.350. The van der Waals surface area contributed by atoms with Gasteiger partial charge in [-0.25, -0.2) is 4.79 Å². The van der Waals surface area contributed by atoms with Crippen LogP contribution in [0.2, 0.25) is 10.0 Å². The van der Waals surface area contributed by atoms with Crippen LogP contribution >= 0.6 is 23.2 Å². The molecule has 2 aromatic rings. The molecular formula is C20H22Cl2N2O6. The lowest BCUT2D eigenvalue weighted by atomic mass is 9.99. The highest BCUT2D eigenvalue weighted by atomic mass is 35.5. The number of aliphatic hydroxyl groups excluding tert-OH is 1. The second-order valence-electron chi connectivity index (χ2n) is 6.86. The molecule has 0 aromatic heterocycles. The van der Waals surface area contributed by atoms with Gasteiger partial charge in [0.05, 0.1) is 15.7 Å². The molecule has 162 valence electrons. The van der Waals surface area contributed by atoms with E-state index in [2.05, 4.69) is 5.32 Å². The molecule has 0 spiro atoms. The van der Waals surface area contributed by atoms with Crippen LogP contribution in [0.25, 0.3) is 0 Å². The summed E-state index contributed by atoms with van der Waals surface area (Å²) in [6.07, 6.45) is -0.696. The zero-order valence-corrected chi connectivity index (χ0v) is 17.4. The van der Waals surface area contributed by atoms with E-state index in [1.54, 1.807) is 24.3 Å². The van der Waals surface area contributed by atoms with E-state index in [-0.39, 0.29) is 48.5 Å². The maximum Gasteiger partial charge on any atom is 0.351 e. The van der Waals surface area contributed by atoms with Crippen molar-refractivity contribution in [1.29, 1.82) is 0 Å². The van der Waals surface area contributed by atoms with E-state index in [1.165, 1.54) is 12.1 Å². The summed E-state index contributed by atoms with van der Waals surface area (Å²) in [5.74, 6) is 0.174. The fourth-order valence-corrected chi connectivity index (χ4v) is 3.35. The topological polar surface area (TPSA) is 123 Å². The van der Waals surface area contributed by atoms with Gasteiger partial charge in [0, 0.05) is 25.1 Å². The normalized spacial score (nSPS) is 18.6. The van der Waals surface area contributed by atoms with Gasteiger partial charge in [0.15, 0.2) is 11.5 Å². The number of nitrogens with two attached hydrogens (primary N) is 1. The molecule has 0 unspecified atom stereocenters. The van der Waals surface area contributed by atoms with Crippen molar-refractivity contribution in [2.24, 2.45) is 0 Å². The van der Waals surface area contributed by atoms with Crippen LogP contribution in [0.1, 0.15) is 6.42 Å². The van der Waals surface area contributed by atoms with E-state index in [0.29, 0.717) is 17.2 Å². The number of nitrogens with one attached hydrogen (secondary N) is 1. The minimum Gasteiger partial charge on any atom is -0.491 e. The highest BCUT2D eigenvalue weighted by Crippen LogP contribution is 2.36. The quantitative estimate of drug-likeness (QED) is 0.335. The number of rotatable bonds is 9. The summed E-state index contributed by atoms with van der Waals surface area (Å²) < 4.78 is 16.8. The van der Waals surface area contributed by atoms with E-state index >= 15 is 0 Å². The molecule has 8 nitrogen and oxygen atoms in total. The fourth-order valence-electron chi connectivity index (χ4n) is 2.88. The van der Waals surface area contributed by atoms with Crippen molar-refractivity contribution in [3.8, 4) is 17.2 Å². The molecule has 2 aromatic carbocycles. The number of hydrogen-bond donors (Lipinski definition) is 4.